The van der Waals surface area contributed by atoms with E-state index >= 15 is 0 Å². The van der Waals surface area contributed by atoms with Crippen molar-refractivity contribution in [2.45, 2.75) is 19.3 Å². The van der Waals surface area contributed by atoms with Crippen molar-refractivity contribution >= 4 is 22.7 Å². The normalized spacial score (nSPS) is 16.6. The number of carbonyl (C=O) groups excluding carboxylic acids is 1. The van der Waals surface area contributed by atoms with Gasteiger partial charge in [-0.25, -0.2) is 4.79 Å². The standard InChI is InChI=1S/C13H11N3O3/c14-7-13(4-1-5-13)11(17)15-8-2-3-10-9(6-8)16-12(18)19-10/h2-3,6H,1,4-5H2,(H,15,17)(H,16,18). The van der Waals surface area contributed by atoms with Gasteiger partial charge in [-0.15, -0.1) is 0 Å². The van der Waals surface area contributed by atoms with E-state index in [1.54, 1.807) is 18.2 Å². The predicted molar refractivity (Wildman–Crippen MR) is 67.4 cm³/mol. The number of aromatic nitrogens is 1. The van der Waals surface area contributed by atoms with Crippen molar-refractivity contribution in [1.29, 1.82) is 5.26 Å². The molecule has 2 N–H and O–H groups in total. The summed E-state index contributed by atoms with van der Waals surface area (Å²) in [5.74, 6) is -0.822. The first-order valence-corrected chi connectivity index (χ1v) is 5.99. The van der Waals surface area contributed by atoms with Crippen molar-refractivity contribution in [3.8, 4) is 6.07 Å². The Kier molecular flexibility index (Phi) is 2.42. The van der Waals surface area contributed by atoms with Crippen LogP contribution in [0.4, 0.5) is 5.69 Å². The SMILES string of the molecule is N#CC1(C(=O)Nc2ccc3oc(=O)[nH]c3c2)CCC1. The summed E-state index contributed by atoms with van der Waals surface area (Å²) in [5.41, 5.74) is 0.596. The van der Waals surface area contributed by atoms with E-state index in [4.69, 9.17) is 9.68 Å². The van der Waals surface area contributed by atoms with E-state index in [1.807, 2.05) is 0 Å². The largest absolute Gasteiger partial charge is 0.417 e. The minimum atomic E-state index is -0.890. The molecular formula is C13H11N3O3. The number of nitrogens with one attached hydrogen (secondary N) is 2. The summed E-state index contributed by atoms with van der Waals surface area (Å²) in [6.45, 7) is 0. The summed E-state index contributed by atoms with van der Waals surface area (Å²) in [6, 6.07) is 6.94. The van der Waals surface area contributed by atoms with E-state index in [-0.39, 0.29) is 5.91 Å². The lowest BCUT2D eigenvalue weighted by atomic mass is 9.69. The molecule has 0 spiro atoms. The average Bonchev–Trinajstić information content (AvgIpc) is 2.67. The van der Waals surface area contributed by atoms with E-state index in [0.717, 1.165) is 6.42 Å². The summed E-state index contributed by atoms with van der Waals surface area (Å²) in [6.07, 6.45) is 2.09. The highest BCUT2D eigenvalue weighted by atomic mass is 16.4. The van der Waals surface area contributed by atoms with Crippen molar-refractivity contribution in [2.24, 2.45) is 5.41 Å². The zero-order valence-corrected chi connectivity index (χ0v) is 10.0. The van der Waals surface area contributed by atoms with Gasteiger partial charge in [0, 0.05) is 5.69 Å². The number of nitrogens with zero attached hydrogens (tertiary/aromatic N) is 1. The molecule has 1 heterocycles. The summed E-state index contributed by atoms with van der Waals surface area (Å²) < 4.78 is 4.87. The number of carbonyl (C=O) groups is 1. The van der Waals surface area contributed by atoms with Gasteiger partial charge < -0.3 is 9.73 Å². The average molecular weight is 257 g/mol. The van der Waals surface area contributed by atoms with Gasteiger partial charge in [0.15, 0.2) is 5.58 Å². The van der Waals surface area contributed by atoms with Gasteiger partial charge in [0.05, 0.1) is 11.6 Å². The van der Waals surface area contributed by atoms with E-state index < -0.39 is 11.2 Å². The first-order chi connectivity index (χ1) is 9.13. The first-order valence-electron chi connectivity index (χ1n) is 5.99. The molecule has 0 atom stereocenters. The van der Waals surface area contributed by atoms with E-state index in [1.165, 1.54) is 0 Å². The Balaban J connectivity index is 1.87. The Labute approximate surface area is 108 Å². The third-order valence-corrected chi connectivity index (χ3v) is 3.53. The second kappa shape index (κ2) is 3.99. The lowest BCUT2D eigenvalue weighted by Gasteiger charge is -2.33. The summed E-state index contributed by atoms with van der Waals surface area (Å²) >= 11 is 0. The van der Waals surface area contributed by atoms with Gasteiger partial charge >= 0.3 is 5.76 Å². The van der Waals surface area contributed by atoms with Crippen molar-refractivity contribution in [2.75, 3.05) is 5.32 Å². The highest BCUT2D eigenvalue weighted by Gasteiger charge is 2.44. The number of H-pyrrole nitrogens is 1. The van der Waals surface area contributed by atoms with Crippen LogP contribution in [0, 0.1) is 16.7 Å². The van der Waals surface area contributed by atoms with Crippen LogP contribution in [0.15, 0.2) is 27.4 Å². The zero-order valence-electron chi connectivity index (χ0n) is 10.0. The molecule has 19 heavy (non-hydrogen) atoms. The predicted octanol–water partition coefficient (Wildman–Crippen LogP) is 1.75. The molecule has 96 valence electrons. The molecule has 0 unspecified atom stereocenters. The molecular weight excluding hydrogens is 246 g/mol. The molecule has 3 rings (SSSR count). The topological polar surface area (TPSA) is 98.9 Å². The van der Waals surface area contributed by atoms with Gasteiger partial charge in [0.2, 0.25) is 5.91 Å². The van der Waals surface area contributed by atoms with Crippen LogP contribution in [0.25, 0.3) is 11.1 Å². The number of hydrogen-bond donors (Lipinski definition) is 2. The highest BCUT2D eigenvalue weighted by molar-refractivity contribution is 5.98. The molecule has 2 aromatic rings. The smallest absolute Gasteiger partial charge is 0.408 e. The number of benzene rings is 1. The highest BCUT2D eigenvalue weighted by Crippen LogP contribution is 2.41. The van der Waals surface area contributed by atoms with Crippen LogP contribution in [-0.2, 0) is 4.79 Å². The van der Waals surface area contributed by atoms with Crippen molar-refractivity contribution in [3.05, 3.63) is 28.7 Å². The molecule has 6 heteroatoms. The maximum Gasteiger partial charge on any atom is 0.417 e. The molecule has 1 saturated carbocycles. The van der Waals surface area contributed by atoms with Gasteiger partial charge in [-0.2, -0.15) is 5.26 Å². The van der Waals surface area contributed by atoms with Crippen LogP contribution in [0.2, 0.25) is 0 Å². The molecule has 0 bridgehead atoms. The second-order valence-corrected chi connectivity index (χ2v) is 4.73. The Morgan fingerprint density at radius 1 is 1.47 bits per heavy atom. The Morgan fingerprint density at radius 2 is 2.26 bits per heavy atom. The third kappa shape index (κ3) is 1.80. The van der Waals surface area contributed by atoms with Gasteiger partial charge in [-0.05, 0) is 37.5 Å². The number of rotatable bonds is 2. The summed E-state index contributed by atoms with van der Waals surface area (Å²) in [7, 11) is 0. The quantitative estimate of drug-likeness (QED) is 0.856. The summed E-state index contributed by atoms with van der Waals surface area (Å²) in [5, 5.41) is 11.8. The maximum absolute atomic E-state index is 12.1. The van der Waals surface area contributed by atoms with Gasteiger partial charge in [-0.3, -0.25) is 9.78 Å². The number of oxazole rings is 1. The molecule has 1 aliphatic carbocycles. The van der Waals surface area contributed by atoms with Crippen LogP contribution in [-0.4, -0.2) is 10.9 Å². The minimum absolute atomic E-state index is 0.286. The molecule has 0 saturated heterocycles. The summed E-state index contributed by atoms with van der Waals surface area (Å²) in [4.78, 5) is 25.6. The molecule has 0 aliphatic heterocycles. The molecule has 1 amide bonds. The Morgan fingerprint density at radius 3 is 2.89 bits per heavy atom. The number of fused-ring (bicyclic) bond motifs is 1. The van der Waals surface area contributed by atoms with E-state index in [2.05, 4.69) is 16.4 Å². The lowest BCUT2D eigenvalue weighted by molar-refractivity contribution is -0.126. The van der Waals surface area contributed by atoms with E-state index in [0.29, 0.717) is 29.6 Å². The minimum Gasteiger partial charge on any atom is -0.408 e. The van der Waals surface area contributed by atoms with Crippen LogP contribution in [0.3, 0.4) is 0 Å². The fourth-order valence-corrected chi connectivity index (χ4v) is 2.20. The number of amides is 1. The fraction of sp³-hybridized carbons (Fsp3) is 0.308. The molecule has 6 nitrogen and oxygen atoms in total. The van der Waals surface area contributed by atoms with Crippen molar-refractivity contribution < 1.29 is 9.21 Å². The van der Waals surface area contributed by atoms with Gasteiger partial charge in [-0.1, -0.05) is 0 Å². The zero-order chi connectivity index (χ0) is 13.5. The van der Waals surface area contributed by atoms with Crippen LogP contribution >= 0.6 is 0 Å². The molecule has 1 aromatic heterocycles. The number of anilines is 1. The van der Waals surface area contributed by atoms with Gasteiger partial charge in [0.25, 0.3) is 0 Å². The molecule has 1 aromatic carbocycles. The van der Waals surface area contributed by atoms with E-state index in [9.17, 15) is 9.59 Å². The maximum atomic E-state index is 12.1. The molecule has 0 radical (unpaired) electrons. The van der Waals surface area contributed by atoms with Crippen LogP contribution in [0.1, 0.15) is 19.3 Å². The van der Waals surface area contributed by atoms with Gasteiger partial charge in [0.1, 0.15) is 5.41 Å². The van der Waals surface area contributed by atoms with Crippen molar-refractivity contribution in [3.63, 3.8) is 0 Å². The fourth-order valence-electron chi connectivity index (χ4n) is 2.20. The van der Waals surface area contributed by atoms with Crippen LogP contribution < -0.4 is 11.1 Å². The molecule has 1 fully saturated rings. The monoisotopic (exact) mass is 257 g/mol. The third-order valence-electron chi connectivity index (χ3n) is 3.53. The number of nitriles is 1. The van der Waals surface area contributed by atoms with Crippen molar-refractivity contribution in [1.82, 2.24) is 4.98 Å². The number of aromatic amines is 1. The lowest BCUT2D eigenvalue weighted by Crippen LogP contribution is -2.40. The van der Waals surface area contributed by atoms with Crippen LogP contribution in [0.5, 0.6) is 0 Å². The first kappa shape index (κ1) is 11.5. The molecule has 1 aliphatic rings. The second-order valence-electron chi connectivity index (χ2n) is 4.73. The Bertz CT molecular complexity index is 746. The Hall–Kier alpha value is -2.55. The number of hydrogen-bond acceptors (Lipinski definition) is 4.